The zero-order chi connectivity index (χ0) is 15.3. The minimum absolute atomic E-state index is 0.106. The molecular weight excluding hydrogens is 264 g/mol. The molecule has 1 N–H and O–H groups in total. The van der Waals surface area contributed by atoms with E-state index in [2.05, 4.69) is 19.1 Å². The SMILES string of the molecule is CCCCCC[C@@H]1C/C=C/CCCCC[C@H](CC(=O)O)O1. The molecule has 0 bridgehead atoms. The third-order valence-electron chi connectivity index (χ3n) is 4.13. The fourth-order valence-corrected chi connectivity index (χ4v) is 2.90. The van der Waals surface area contributed by atoms with E-state index in [-0.39, 0.29) is 18.6 Å². The first-order chi connectivity index (χ1) is 10.2. The maximum atomic E-state index is 11.0. The predicted molar refractivity (Wildman–Crippen MR) is 86.5 cm³/mol. The average Bonchev–Trinajstić information content (AvgIpc) is 2.49. The lowest BCUT2D eigenvalue weighted by Gasteiger charge is -2.23. The summed E-state index contributed by atoms with van der Waals surface area (Å²) in [6.07, 6.45) is 17.2. The van der Waals surface area contributed by atoms with Crippen LogP contribution in [-0.4, -0.2) is 23.3 Å². The molecule has 0 fully saturated rings. The summed E-state index contributed by atoms with van der Waals surface area (Å²) in [5.74, 6) is -0.741. The second-order valence-corrected chi connectivity index (χ2v) is 6.17. The van der Waals surface area contributed by atoms with Gasteiger partial charge < -0.3 is 9.84 Å². The molecule has 2 atom stereocenters. The van der Waals surface area contributed by atoms with E-state index in [1.165, 1.54) is 38.5 Å². The monoisotopic (exact) mass is 296 g/mol. The number of carboxylic acids is 1. The van der Waals surface area contributed by atoms with Crippen LogP contribution in [0.5, 0.6) is 0 Å². The van der Waals surface area contributed by atoms with Crippen LogP contribution in [0.4, 0.5) is 0 Å². The zero-order valence-corrected chi connectivity index (χ0v) is 13.6. The van der Waals surface area contributed by atoms with Crippen LogP contribution in [0.25, 0.3) is 0 Å². The normalized spacial score (nSPS) is 26.0. The Balaban J connectivity index is 2.50. The highest BCUT2D eigenvalue weighted by atomic mass is 16.5. The number of hydrogen-bond donors (Lipinski definition) is 1. The smallest absolute Gasteiger partial charge is 0.305 e. The Hall–Kier alpha value is -0.830. The van der Waals surface area contributed by atoms with Crippen molar-refractivity contribution in [1.82, 2.24) is 0 Å². The summed E-state index contributed by atoms with van der Waals surface area (Å²) >= 11 is 0. The Morgan fingerprint density at radius 3 is 2.76 bits per heavy atom. The number of hydrogen-bond acceptors (Lipinski definition) is 2. The van der Waals surface area contributed by atoms with Gasteiger partial charge in [-0.25, -0.2) is 0 Å². The molecule has 0 aromatic rings. The summed E-state index contributed by atoms with van der Waals surface area (Å²) in [7, 11) is 0. The van der Waals surface area contributed by atoms with Gasteiger partial charge in [0, 0.05) is 0 Å². The molecule has 1 aliphatic heterocycles. The van der Waals surface area contributed by atoms with Crippen molar-refractivity contribution in [2.45, 2.75) is 96.2 Å². The molecule has 0 aromatic heterocycles. The standard InChI is InChI=1S/C18H32O3/c1-2-3-4-9-12-16-13-10-7-5-6-8-11-14-17(21-16)15-18(19)20/h7,10,16-17H,2-6,8-9,11-15H2,1H3,(H,19,20)/b10-7+/t16-,17-/m1/s1. The van der Waals surface area contributed by atoms with Crippen molar-refractivity contribution in [2.24, 2.45) is 0 Å². The highest BCUT2D eigenvalue weighted by Crippen LogP contribution is 2.20. The van der Waals surface area contributed by atoms with Crippen molar-refractivity contribution in [3.8, 4) is 0 Å². The van der Waals surface area contributed by atoms with Crippen LogP contribution >= 0.6 is 0 Å². The highest BCUT2D eigenvalue weighted by molar-refractivity contribution is 5.67. The van der Waals surface area contributed by atoms with Gasteiger partial charge in [0.15, 0.2) is 0 Å². The van der Waals surface area contributed by atoms with Gasteiger partial charge in [-0.3, -0.25) is 4.79 Å². The van der Waals surface area contributed by atoms with Crippen molar-refractivity contribution in [3.63, 3.8) is 0 Å². The third-order valence-corrected chi connectivity index (χ3v) is 4.13. The van der Waals surface area contributed by atoms with Crippen LogP contribution in [0.1, 0.15) is 84.0 Å². The molecule has 21 heavy (non-hydrogen) atoms. The Morgan fingerprint density at radius 1 is 1.14 bits per heavy atom. The topological polar surface area (TPSA) is 46.5 Å². The summed E-state index contributed by atoms with van der Waals surface area (Å²) in [4.78, 5) is 11.0. The molecule has 3 nitrogen and oxygen atoms in total. The molecule has 1 heterocycles. The van der Waals surface area contributed by atoms with E-state index in [0.29, 0.717) is 0 Å². The number of ether oxygens (including phenoxy) is 1. The third kappa shape index (κ3) is 9.67. The molecule has 122 valence electrons. The van der Waals surface area contributed by atoms with Gasteiger partial charge in [0.05, 0.1) is 18.6 Å². The lowest BCUT2D eigenvalue weighted by Crippen LogP contribution is -2.24. The van der Waals surface area contributed by atoms with Crippen molar-refractivity contribution in [1.29, 1.82) is 0 Å². The number of rotatable bonds is 7. The van der Waals surface area contributed by atoms with E-state index in [4.69, 9.17) is 9.84 Å². The number of carboxylic acid groups (broad SMARTS) is 1. The first kappa shape index (κ1) is 18.2. The van der Waals surface area contributed by atoms with Gasteiger partial charge in [-0.15, -0.1) is 0 Å². The fraction of sp³-hybridized carbons (Fsp3) is 0.833. The van der Waals surface area contributed by atoms with E-state index >= 15 is 0 Å². The lowest BCUT2D eigenvalue weighted by atomic mass is 10.0. The first-order valence-corrected chi connectivity index (χ1v) is 8.74. The van der Waals surface area contributed by atoms with Crippen molar-refractivity contribution in [3.05, 3.63) is 12.2 Å². The quantitative estimate of drug-likeness (QED) is 0.525. The minimum atomic E-state index is -0.741. The van der Waals surface area contributed by atoms with E-state index in [1.54, 1.807) is 0 Å². The molecule has 1 rings (SSSR count). The maximum Gasteiger partial charge on any atom is 0.305 e. The van der Waals surface area contributed by atoms with Crippen molar-refractivity contribution in [2.75, 3.05) is 0 Å². The molecule has 0 saturated heterocycles. The molecule has 1 aliphatic rings. The zero-order valence-electron chi connectivity index (χ0n) is 13.6. The molecule has 0 spiro atoms. The second kappa shape index (κ2) is 11.8. The van der Waals surface area contributed by atoms with Crippen molar-refractivity contribution < 1.29 is 14.6 Å². The lowest BCUT2D eigenvalue weighted by molar-refractivity contribution is -0.141. The Kier molecular flexibility index (Phi) is 10.2. The molecular formula is C18H32O3. The van der Waals surface area contributed by atoms with Crippen LogP contribution in [-0.2, 0) is 9.53 Å². The van der Waals surface area contributed by atoms with E-state index in [0.717, 1.165) is 32.1 Å². The van der Waals surface area contributed by atoms with Gasteiger partial charge in [0.2, 0.25) is 0 Å². The highest BCUT2D eigenvalue weighted by Gasteiger charge is 2.19. The number of unbranched alkanes of at least 4 members (excludes halogenated alkanes) is 3. The van der Waals surface area contributed by atoms with Gasteiger partial charge in [-0.1, -0.05) is 57.6 Å². The first-order valence-electron chi connectivity index (χ1n) is 8.74. The molecule has 0 aromatic carbocycles. The molecule has 0 aliphatic carbocycles. The van der Waals surface area contributed by atoms with Gasteiger partial charge in [-0.2, -0.15) is 0 Å². The molecule has 0 saturated carbocycles. The van der Waals surface area contributed by atoms with Gasteiger partial charge >= 0.3 is 5.97 Å². The van der Waals surface area contributed by atoms with E-state index in [9.17, 15) is 4.79 Å². The summed E-state index contributed by atoms with van der Waals surface area (Å²) in [5, 5.41) is 9.05. The summed E-state index contributed by atoms with van der Waals surface area (Å²) < 4.78 is 6.14. The summed E-state index contributed by atoms with van der Waals surface area (Å²) in [5.41, 5.74) is 0. The van der Waals surface area contributed by atoms with Crippen LogP contribution in [0.2, 0.25) is 0 Å². The predicted octanol–water partition coefficient (Wildman–Crippen LogP) is 5.10. The molecule has 0 radical (unpaired) electrons. The maximum absolute atomic E-state index is 11.0. The molecule has 0 unspecified atom stereocenters. The summed E-state index contributed by atoms with van der Waals surface area (Å²) in [6, 6.07) is 0. The van der Waals surface area contributed by atoms with Gasteiger partial charge in [-0.05, 0) is 32.1 Å². The van der Waals surface area contributed by atoms with E-state index in [1.807, 2.05) is 0 Å². The Bertz CT molecular complexity index is 299. The molecule has 3 heteroatoms. The van der Waals surface area contributed by atoms with Crippen LogP contribution < -0.4 is 0 Å². The average molecular weight is 296 g/mol. The second-order valence-electron chi connectivity index (χ2n) is 6.17. The molecule has 0 amide bonds. The largest absolute Gasteiger partial charge is 0.481 e. The number of allylic oxidation sites excluding steroid dienone is 1. The Labute approximate surface area is 129 Å². The van der Waals surface area contributed by atoms with Crippen LogP contribution in [0, 0.1) is 0 Å². The van der Waals surface area contributed by atoms with Gasteiger partial charge in [0.25, 0.3) is 0 Å². The Morgan fingerprint density at radius 2 is 2.00 bits per heavy atom. The van der Waals surface area contributed by atoms with Gasteiger partial charge in [0.1, 0.15) is 0 Å². The minimum Gasteiger partial charge on any atom is -0.481 e. The van der Waals surface area contributed by atoms with Crippen molar-refractivity contribution >= 4 is 5.97 Å². The number of carbonyl (C=O) groups is 1. The fourth-order valence-electron chi connectivity index (χ4n) is 2.90. The summed E-state index contributed by atoms with van der Waals surface area (Å²) in [6.45, 7) is 2.22. The van der Waals surface area contributed by atoms with E-state index < -0.39 is 5.97 Å². The van der Waals surface area contributed by atoms with Crippen LogP contribution in [0.3, 0.4) is 0 Å². The van der Waals surface area contributed by atoms with Crippen LogP contribution in [0.15, 0.2) is 12.2 Å². The number of aliphatic carboxylic acids is 1.